The lowest BCUT2D eigenvalue weighted by molar-refractivity contribution is -0.119. The minimum atomic E-state index is -1.32. The smallest absolute Gasteiger partial charge is 0.339 e. The minimum Gasteiger partial charge on any atom is -0.452 e. The molecule has 2 rings (SSSR count). The normalized spacial score (nSPS) is 11.8. The van der Waals surface area contributed by atoms with Crippen LogP contribution in [0.25, 0.3) is 0 Å². The van der Waals surface area contributed by atoms with Gasteiger partial charge in [0, 0.05) is 11.9 Å². The molecule has 0 bridgehead atoms. The highest BCUT2D eigenvalue weighted by Gasteiger charge is 2.16. The summed E-state index contributed by atoms with van der Waals surface area (Å²) in [7, 11) is -1.32. The molecule has 2 aromatic carbocycles. The van der Waals surface area contributed by atoms with E-state index in [0.29, 0.717) is 10.6 Å². The van der Waals surface area contributed by atoms with Gasteiger partial charge in [0.2, 0.25) is 0 Å². The number of hydrogen-bond donors (Lipinski definition) is 1. The highest BCUT2D eigenvalue weighted by atomic mass is 32.2. The lowest BCUT2D eigenvalue weighted by atomic mass is 10.0. The van der Waals surface area contributed by atoms with Crippen LogP contribution < -0.4 is 5.32 Å². The summed E-state index contributed by atoms with van der Waals surface area (Å²) in [6.07, 6.45) is 1.49. The number of nitrogens with one attached hydrogen (secondary N) is 1. The Hall–Kier alpha value is -2.47. The van der Waals surface area contributed by atoms with Crippen LogP contribution in [0.5, 0.6) is 0 Å². The van der Waals surface area contributed by atoms with E-state index >= 15 is 0 Å². The quantitative estimate of drug-likeness (QED) is 0.803. The van der Waals surface area contributed by atoms with Crippen molar-refractivity contribution in [1.29, 1.82) is 0 Å². The maximum atomic E-state index is 12.2. The van der Waals surface area contributed by atoms with Crippen molar-refractivity contribution < 1.29 is 18.5 Å². The molecular formula is C19H21NO4S. The number of hydrogen-bond acceptors (Lipinski definition) is 4. The number of amides is 1. The van der Waals surface area contributed by atoms with Crippen LogP contribution in [-0.2, 0) is 20.3 Å². The Labute approximate surface area is 149 Å². The summed E-state index contributed by atoms with van der Waals surface area (Å²) in [4.78, 5) is 24.6. The molecule has 0 unspecified atom stereocenters. The van der Waals surface area contributed by atoms with Crippen molar-refractivity contribution in [2.75, 3.05) is 18.2 Å². The summed E-state index contributed by atoms with van der Waals surface area (Å²) in [6.45, 7) is 3.66. The third-order valence-corrected chi connectivity index (χ3v) is 4.58. The van der Waals surface area contributed by atoms with Crippen molar-refractivity contribution in [1.82, 2.24) is 0 Å². The molecule has 132 valence electrons. The molecule has 0 aliphatic carbocycles. The largest absolute Gasteiger partial charge is 0.452 e. The summed E-state index contributed by atoms with van der Waals surface area (Å²) >= 11 is 0. The molecule has 0 saturated heterocycles. The summed E-state index contributed by atoms with van der Waals surface area (Å²) < 4.78 is 16.7. The molecule has 0 radical (unpaired) electrons. The second-order valence-corrected chi connectivity index (χ2v) is 7.16. The first-order valence-corrected chi connectivity index (χ1v) is 9.44. The molecule has 0 spiro atoms. The second kappa shape index (κ2) is 8.58. The molecule has 0 saturated carbocycles. The Kier molecular flexibility index (Phi) is 6.47. The van der Waals surface area contributed by atoms with Crippen LogP contribution in [0.2, 0.25) is 0 Å². The maximum Gasteiger partial charge on any atom is 0.339 e. The van der Waals surface area contributed by atoms with Crippen molar-refractivity contribution in [3.05, 3.63) is 59.7 Å². The number of benzene rings is 2. The molecule has 0 aliphatic rings. The van der Waals surface area contributed by atoms with Gasteiger partial charge in [-0.25, -0.2) is 4.79 Å². The van der Waals surface area contributed by atoms with Crippen LogP contribution in [0.4, 0.5) is 5.69 Å². The van der Waals surface area contributed by atoms with Gasteiger partial charge in [-0.1, -0.05) is 44.2 Å². The molecule has 2 aromatic rings. The third kappa shape index (κ3) is 5.00. The van der Waals surface area contributed by atoms with Crippen LogP contribution in [0, 0.1) is 0 Å². The van der Waals surface area contributed by atoms with Gasteiger partial charge in [0.15, 0.2) is 6.61 Å². The van der Waals surface area contributed by atoms with E-state index in [-0.39, 0.29) is 11.5 Å². The van der Waals surface area contributed by atoms with Crippen molar-refractivity contribution in [3.63, 3.8) is 0 Å². The van der Waals surface area contributed by atoms with E-state index in [4.69, 9.17) is 4.74 Å². The van der Waals surface area contributed by atoms with Gasteiger partial charge in [-0.15, -0.1) is 0 Å². The van der Waals surface area contributed by atoms with Gasteiger partial charge in [0.25, 0.3) is 5.91 Å². The first-order chi connectivity index (χ1) is 11.9. The Bertz CT molecular complexity index is 802. The summed E-state index contributed by atoms with van der Waals surface area (Å²) in [5.41, 5.74) is 1.92. The lowest BCUT2D eigenvalue weighted by Crippen LogP contribution is -2.22. The van der Waals surface area contributed by atoms with Crippen molar-refractivity contribution in [3.8, 4) is 0 Å². The highest BCUT2D eigenvalue weighted by Crippen LogP contribution is 2.23. The average Bonchev–Trinajstić information content (AvgIpc) is 2.60. The van der Waals surface area contributed by atoms with Crippen LogP contribution in [0.1, 0.15) is 35.7 Å². The molecule has 5 nitrogen and oxygen atoms in total. The SMILES string of the molecule is CC(C)c1ccccc1NC(=O)COC(=O)c1ccccc1[S@@](C)=O. The number of esters is 1. The molecule has 6 heteroatoms. The number of ether oxygens (including phenoxy) is 1. The van der Waals surface area contributed by atoms with Gasteiger partial charge >= 0.3 is 5.97 Å². The summed E-state index contributed by atoms with van der Waals surface area (Å²) in [5.74, 6) is -0.833. The van der Waals surface area contributed by atoms with E-state index in [1.807, 2.05) is 38.1 Å². The Morgan fingerprint density at radius 2 is 1.72 bits per heavy atom. The second-order valence-electron chi connectivity index (χ2n) is 5.82. The fourth-order valence-corrected chi connectivity index (χ4v) is 3.13. The van der Waals surface area contributed by atoms with E-state index in [2.05, 4.69) is 5.32 Å². The summed E-state index contributed by atoms with van der Waals surface area (Å²) in [6, 6.07) is 14.0. The number of anilines is 1. The molecule has 25 heavy (non-hydrogen) atoms. The first-order valence-electron chi connectivity index (χ1n) is 7.88. The van der Waals surface area contributed by atoms with E-state index in [0.717, 1.165) is 5.56 Å². The van der Waals surface area contributed by atoms with Crippen LogP contribution in [0.15, 0.2) is 53.4 Å². The molecule has 1 amide bonds. The van der Waals surface area contributed by atoms with Crippen LogP contribution >= 0.6 is 0 Å². The van der Waals surface area contributed by atoms with Gasteiger partial charge in [-0.3, -0.25) is 9.00 Å². The predicted octanol–water partition coefficient (Wildman–Crippen LogP) is 3.34. The fourth-order valence-electron chi connectivity index (χ4n) is 2.40. The predicted molar refractivity (Wildman–Crippen MR) is 98.2 cm³/mol. The number of rotatable bonds is 6. The molecule has 0 aromatic heterocycles. The van der Waals surface area contributed by atoms with Gasteiger partial charge < -0.3 is 10.1 Å². The molecule has 1 atom stereocenters. The molecule has 0 fully saturated rings. The topological polar surface area (TPSA) is 72.5 Å². The van der Waals surface area contributed by atoms with Crippen LogP contribution in [-0.4, -0.2) is 28.9 Å². The zero-order valence-electron chi connectivity index (χ0n) is 14.4. The van der Waals surface area contributed by atoms with E-state index < -0.39 is 29.3 Å². The number of para-hydroxylation sites is 1. The Morgan fingerprint density at radius 1 is 1.08 bits per heavy atom. The minimum absolute atomic E-state index is 0.207. The molecular weight excluding hydrogens is 338 g/mol. The van der Waals surface area contributed by atoms with Gasteiger partial charge in [0.1, 0.15) is 0 Å². The lowest BCUT2D eigenvalue weighted by Gasteiger charge is -2.14. The van der Waals surface area contributed by atoms with Gasteiger partial charge in [-0.05, 0) is 29.7 Å². The van der Waals surface area contributed by atoms with E-state index in [9.17, 15) is 13.8 Å². The standard InChI is InChI=1S/C19H21NO4S/c1-13(2)14-8-4-6-10-16(14)20-18(21)12-24-19(22)15-9-5-7-11-17(15)25(3)23/h4-11,13H,12H2,1-3H3,(H,20,21)/t25-/m1/s1. The van der Waals surface area contributed by atoms with Crippen LogP contribution in [0.3, 0.4) is 0 Å². The zero-order valence-corrected chi connectivity index (χ0v) is 15.3. The Morgan fingerprint density at radius 3 is 2.40 bits per heavy atom. The Balaban J connectivity index is 2.01. The molecule has 1 N–H and O–H groups in total. The van der Waals surface area contributed by atoms with Crippen molar-refractivity contribution in [2.24, 2.45) is 0 Å². The fraction of sp³-hybridized carbons (Fsp3) is 0.263. The average molecular weight is 359 g/mol. The highest BCUT2D eigenvalue weighted by molar-refractivity contribution is 7.84. The van der Waals surface area contributed by atoms with Crippen molar-refractivity contribution in [2.45, 2.75) is 24.7 Å². The maximum absolute atomic E-state index is 12.2. The van der Waals surface area contributed by atoms with Gasteiger partial charge in [-0.2, -0.15) is 0 Å². The molecule has 0 aliphatic heterocycles. The zero-order chi connectivity index (χ0) is 18.4. The number of carbonyl (C=O) groups excluding carboxylic acids is 2. The van der Waals surface area contributed by atoms with E-state index in [1.165, 1.54) is 12.3 Å². The third-order valence-electron chi connectivity index (χ3n) is 3.61. The van der Waals surface area contributed by atoms with E-state index in [1.54, 1.807) is 18.2 Å². The summed E-state index contributed by atoms with van der Waals surface area (Å²) in [5, 5.41) is 2.76. The number of carbonyl (C=O) groups is 2. The van der Waals surface area contributed by atoms with Crippen molar-refractivity contribution >= 4 is 28.4 Å². The monoisotopic (exact) mass is 359 g/mol. The van der Waals surface area contributed by atoms with Gasteiger partial charge in [0.05, 0.1) is 21.3 Å². The molecule has 0 heterocycles. The first kappa shape index (κ1) is 18.9.